The van der Waals surface area contributed by atoms with Crippen molar-refractivity contribution in [1.29, 1.82) is 0 Å². The van der Waals surface area contributed by atoms with Crippen molar-refractivity contribution < 1.29 is 23.0 Å². The van der Waals surface area contributed by atoms with Gasteiger partial charge < -0.3 is 14.0 Å². The highest BCUT2D eigenvalue weighted by atomic mass is 79.9. The molecule has 10 heteroatoms. The minimum absolute atomic E-state index is 0.0556. The number of hydrogen-bond donors (Lipinski definition) is 0. The molecular weight excluding hydrogens is 582 g/mol. The summed E-state index contributed by atoms with van der Waals surface area (Å²) < 4.78 is 43.8. The summed E-state index contributed by atoms with van der Waals surface area (Å²) in [6.45, 7) is 7.84. The van der Waals surface area contributed by atoms with Crippen LogP contribution in [-0.4, -0.2) is 49.9 Å². The number of aryl methyl sites for hydroxylation is 1. The van der Waals surface area contributed by atoms with Gasteiger partial charge in [0.15, 0.2) is 0 Å². The first-order valence-electron chi connectivity index (χ1n) is 13.5. The van der Waals surface area contributed by atoms with Crippen LogP contribution < -0.4 is 4.74 Å². The van der Waals surface area contributed by atoms with E-state index in [1.54, 1.807) is 33.0 Å². The third-order valence-corrected chi connectivity index (χ3v) is 7.45. The normalized spacial score (nSPS) is 18.4. The predicted molar refractivity (Wildman–Crippen MR) is 154 cm³/mol. The molecule has 0 saturated carbocycles. The Kier molecular flexibility index (Phi) is 7.99. The predicted octanol–water partition coefficient (Wildman–Crippen LogP) is 7.75. The first kappa shape index (κ1) is 28.3. The molecule has 4 aromatic rings. The van der Waals surface area contributed by atoms with Crippen molar-refractivity contribution in [2.75, 3.05) is 6.54 Å². The average Bonchev–Trinajstić information content (AvgIpc) is 3.48. The fraction of sp³-hybridized carbons (Fsp3) is 0.433. The number of ether oxygens (including phenoxy) is 2. The zero-order valence-electron chi connectivity index (χ0n) is 23.0. The van der Waals surface area contributed by atoms with Crippen LogP contribution in [0.3, 0.4) is 0 Å². The van der Waals surface area contributed by atoms with E-state index < -0.39 is 29.7 Å². The highest BCUT2D eigenvalue weighted by Crippen LogP contribution is 2.40. The Morgan fingerprint density at radius 1 is 1.18 bits per heavy atom. The van der Waals surface area contributed by atoms with Crippen LogP contribution in [0.15, 0.2) is 53.4 Å². The number of benzene rings is 2. The number of amides is 1. The molecule has 1 unspecified atom stereocenters. The maximum absolute atomic E-state index is 14.5. The lowest BCUT2D eigenvalue weighted by Gasteiger charge is -2.29. The van der Waals surface area contributed by atoms with Gasteiger partial charge in [-0.2, -0.15) is 0 Å². The lowest BCUT2D eigenvalue weighted by atomic mass is 10.0. The Morgan fingerprint density at radius 3 is 2.75 bits per heavy atom. The second-order valence-electron chi connectivity index (χ2n) is 11.3. The number of alkyl halides is 1. The number of likely N-dealkylation sites (tertiary alicyclic amines) is 1. The molecule has 212 valence electrons. The molecule has 0 N–H and O–H groups in total. The highest BCUT2D eigenvalue weighted by Gasteiger charge is 2.40. The molecule has 40 heavy (non-hydrogen) atoms. The number of fused-ring (bicyclic) bond motifs is 3. The second-order valence-corrected chi connectivity index (χ2v) is 12.2. The third-order valence-electron chi connectivity index (χ3n) is 6.95. The molecule has 0 radical (unpaired) electrons. The zero-order valence-corrected chi connectivity index (χ0v) is 24.6. The number of aromatic nitrogens is 3. The van der Waals surface area contributed by atoms with Gasteiger partial charge in [0.2, 0.25) is 0 Å². The molecule has 0 bridgehead atoms. The van der Waals surface area contributed by atoms with Gasteiger partial charge in [0.1, 0.15) is 28.9 Å². The molecule has 2 aromatic heterocycles. The number of hydrogen-bond acceptors (Lipinski definition) is 5. The fourth-order valence-electron chi connectivity index (χ4n) is 5.21. The highest BCUT2D eigenvalue weighted by molar-refractivity contribution is 9.10. The van der Waals surface area contributed by atoms with E-state index in [1.165, 1.54) is 17.0 Å². The van der Waals surface area contributed by atoms with Crippen LogP contribution in [0.25, 0.3) is 21.9 Å². The molecule has 7 nitrogen and oxygen atoms in total. The van der Waals surface area contributed by atoms with Crippen molar-refractivity contribution in [3.8, 4) is 5.75 Å². The maximum Gasteiger partial charge on any atom is 0.410 e. The number of pyridine rings is 1. The van der Waals surface area contributed by atoms with Crippen LogP contribution in [0.1, 0.15) is 58.6 Å². The molecular formula is C30H33BrF2N4O3. The number of nitrogens with zero attached hydrogens (tertiary/aromatic N) is 4. The van der Waals surface area contributed by atoms with E-state index in [1.807, 2.05) is 25.4 Å². The van der Waals surface area contributed by atoms with E-state index in [-0.39, 0.29) is 19.1 Å². The van der Waals surface area contributed by atoms with Crippen LogP contribution in [-0.2, 0) is 11.3 Å². The van der Waals surface area contributed by atoms with Crippen molar-refractivity contribution in [3.63, 3.8) is 0 Å². The summed E-state index contributed by atoms with van der Waals surface area (Å²) in [7, 11) is 0. The summed E-state index contributed by atoms with van der Waals surface area (Å²) in [5.74, 6) is -0.0293. The van der Waals surface area contributed by atoms with Gasteiger partial charge in [-0.15, -0.1) is 0 Å². The molecule has 1 aliphatic heterocycles. The smallest absolute Gasteiger partial charge is 0.410 e. The minimum Gasteiger partial charge on any atom is -0.490 e. The van der Waals surface area contributed by atoms with E-state index in [4.69, 9.17) is 9.47 Å². The lowest BCUT2D eigenvalue weighted by molar-refractivity contribution is 0.0214. The van der Waals surface area contributed by atoms with E-state index in [0.717, 1.165) is 45.8 Å². The fourth-order valence-corrected chi connectivity index (χ4v) is 5.57. The van der Waals surface area contributed by atoms with Crippen LogP contribution in [0.5, 0.6) is 5.75 Å². The van der Waals surface area contributed by atoms with Crippen LogP contribution in [0.4, 0.5) is 13.6 Å². The quantitative estimate of drug-likeness (QED) is 0.213. The van der Waals surface area contributed by atoms with Gasteiger partial charge >= 0.3 is 6.09 Å². The van der Waals surface area contributed by atoms with Crippen molar-refractivity contribution in [2.24, 2.45) is 0 Å². The van der Waals surface area contributed by atoms with Crippen molar-refractivity contribution >= 4 is 44.0 Å². The van der Waals surface area contributed by atoms with Gasteiger partial charge in [-0.05, 0) is 76.9 Å². The van der Waals surface area contributed by atoms with Crippen molar-refractivity contribution in [1.82, 2.24) is 19.4 Å². The third kappa shape index (κ3) is 6.22. The van der Waals surface area contributed by atoms with Crippen molar-refractivity contribution in [3.05, 3.63) is 64.8 Å². The molecule has 5 rings (SSSR count). The van der Waals surface area contributed by atoms with Crippen molar-refractivity contribution in [2.45, 2.75) is 77.4 Å². The van der Waals surface area contributed by atoms with E-state index in [0.29, 0.717) is 11.3 Å². The van der Waals surface area contributed by atoms with Gasteiger partial charge in [-0.25, -0.2) is 18.6 Å². The Morgan fingerprint density at radius 2 is 1.98 bits per heavy atom. The number of imidazole rings is 1. The minimum atomic E-state index is -1.23. The molecule has 3 atom stereocenters. The zero-order chi connectivity index (χ0) is 28.6. The van der Waals surface area contributed by atoms with Gasteiger partial charge in [0.25, 0.3) is 0 Å². The van der Waals surface area contributed by atoms with Gasteiger partial charge in [0, 0.05) is 28.4 Å². The van der Waals surface area contributed by atoms with Gasteiger partial charge in [0.05, 0.1) is 42.2 Å². The van der Waals surface area contributed by atoms with E-state index in [9.17, 15) is 13.6 Å². The van der Waals surface area contributed by atoms with Crippen LogP contribution in [0, 0.1) is 5.82 Å². The summed E-state index contributed by atoms with van der Waals surface area (Å²) in [6, 6.07) is 9.53. The molecule has 0 aliphatic carbocycles. The summed E-state index contributed by atoms with van der Waals surface area (Å²) in [4.78, 5) is 23.2. The Balaban J connectivity index is 1.29. The number of rotatable bonds is 7. The number of carbonyl (C=O) groups is 1. The molecule has 3 heterocycles. The SMILES string of the molecule is CC(CCCn1cnc2cnc3ccc(Br)cc3c21)Oc1ccc(F)cc1[C@H]1C[C@H](F)CN1C(=O)OC(C)(C)C. The summed E-state index contributed by atoms with van der Waals surface area (Å²) in [5.41, 5.74) is 2.49. The summed E-state index contributed by atoms with van der Waals surface area (Å²) >= 11 is 3.55. The number of carbonyl (C=O) groups excluding carboxylic acids is 1. The lowest BCUT2D eigenvalue weighted by Crippen LogP contribution is -2.37. The molecule has 1 saturated heterocycles. The van der Waals surface area contributed by atoms with Gasteiger partial charge in [-0.3, -0.25) is 9.88 Å². The monoisotopic (exact) mass is 614 g/mol. The largest absolute Gasteiger partial charge is 0.490 e. The maximum atomic E-state index is 14.5. The molecule has 1 fully saturated rings. The summed E-state index contributed by atoms with van der Waals surface area (Å²) in [6.07, 6.45) is 3.14. The topological polar surface area (TPSA) is 69.5 Å². The Labute approximate surface area is 240 Å². The Bertz CT molecular complexity index is 1540. The Hall–Kier alpha value is -3.27. The van der Waals surface area contributed by atoms with Crippen LogP contribution >= 0.6 is 15.9 Å². The first-order chi connectivity index (χ1) is 19.0. The second kappa shape index (κ2) is 11.3. The van der Waals surface area contributed by atoms with E-state index in [2.05, 4.69) is 36.5 Å². The number of halogens is 3. The van der Waals surface area contributed by atoms with Crippen LogP contribution in [0.2, 0.25) is 0 Å². The first-order valence-corrected chi connectivity index (χ1v) is 14.3. The van der Waals surface area contributed by atoms with E-state index >= 15 is 0 Å². The standard InChI is InChI=1S/C30H33BrF2N4O3/c1-18(6-5-11-36-17-35-25-15-34-24-9-7-19(31)12-22(24)28(25)36)39-27-10-8-20(32)13-23(27)26-14-21(33)16-37(26)29(38)40-30(2,3)4/h7-10,12-13,15,17-18,21,26H,5-6,11,14,16H2,1-4H3/t18?,21-,26+/m0/s1. The average molecular weight is 616 g/mol. The molecule has 0 spiro atoms. The molecule has 2 aromatic carbocycles. The summed E-state index contributed by atoms with van der Waals surface area (Å²) in [5, 5.41) is 1.03. The molecule has 1 aliphatic rings. The van der Waals surface area contributed by atoms with Gasteiger partial charge in [-0.1, -0.05) is 15.9 Å². The molecule has 1 amide bonds.